The fourth-order valence-corrected chi connectivity index (χ4v) is 2.22. The molecule has 126 valence electrons. The van der Waals surface area contributed by atoms with E-state index in [1.54, 1.807) is 31.4 Å². The molecule has 2 aromatic carbocycles. The number of aryl methyl sites for hydroxylation is 2. The van der Waals surface area contributed by atoms with E-state index < -0.39 is 0 Å². The highest BCUT2D eigenvalue weighted by Crippen LogP contribution is 2.18. The summed E-state index contributed by atoms with van der Waals surface area (Å²) in [7, 11) is 1.57. The second-order valence-corrected chi connectivity index (χ2v) is 5.68. The van der Waals surface area contributed by atoms with Crippen LogP contribution in [0.4, 0.5) is 5.69 Å². The third-order valence-electron chi connectivity index (χ3n) is 3.43. The van der Waals surface area contributed by atoms with E-state index >= 15 is 0 Å². The van der Waals surface area contributed by atoms with E-state index in [0.717, 1.165) is 11.3 Å². The number of hydrogen-bond donors (Lipinski definition) is 2. The molecule has 0 aliphatic carbocycles. The number of anilines is 1. The number of carbonyl (C=O) groups excluding carboxylic acids is 1. The zero-order valence-corrected chi connectivity index (χ0v) is 14.7. The van der Waals surface area contributed by atoms with Crippen LogP contribution in [0.15, 0.2) is 42.5 Å². The molecule has 0 atom stereocenters. The molecule has 0 aliphatic rings. The van der Waals surface area contributed by atoms with Gasteiger partial charge in [0.2, 0.25) is 0 Å². The number of methoxy groups -OCH3 is 1. The first-order valence-corrected chi connectivity index (χ1v) is 7.83. The first kappa shape index (κ1) is 17.7. The van der Waals surface area contributed by atoms with Crippen LogP contribution < -0.4 is 20.1 Å². The Labute approximate surface area is 147 Å². The van der Waals surface area contributed by atoms with E-state index in [-0.39, 0.29) is 17.6 Å². The number of amides is 1. The van der Waals surface area contributed by atoms with Crippen LogP contribution in [0.3, 0.4) is 0 Å². The highest BCUT2D eigenvalue weighted by atomic mass is 32.1. The van der Waals surface area contributed by atoms with E-state index in [4.69, 9.17) is 21.7 Å². The quantitative estimate of drug-likeness (QED) is 0.816. The molecule has 2 rings (SSSR count). The number of hydrogen-bond acceptors (Lipinski definition) is 4. The van der Waals surface area contributed by atoms with Gasteiger partial charge in [-0.1, -0.05) is 12.1 Å². The maximum atomic E-state index is 11.9. The third kappa shape index (κ3) is 5.24. The van der Waals surface area contributed by atoms with Crippen LogP contribution in [0.25, 0.3) is 0 Å². The molecule has 0 aromatic heterocycles. The van der Waals surface area contributed by atoms with Crippen molar-refractivity contribution >= 4 is 28.9 Å². The minimum atomic E-state index is -0.334. The minimum Gasteiger partial charge on any atom is -0.497 e. The second-order valence-electron chi connectivity index (χ2n) is 5.27. The van der Waals surface area contributed by atoms with Gasteiger partial charge in [-0.15, -0.1) is 0 Å². The van der Waals surface area contributed by atoms with Crippen LogP contribution in [0.2, 0.25) is 0 Å². The Bertz CT molecular complexity index is 747. The van der Waals surface area contributed by atoms with Crippen LogP contribution in [0.1, 0.15) is 11.1 Å². The summed E-state index contributed by atoms with van der Waals surface area (Å²) in [6, 6.07) is 12.9. The van der Waals surface area contributed by atoms with Gasteiger partial charge < -0.3 is 14.8 Å². The molecular weight excluding hydrogens is 324 g/mol. The molecule has 1 amide bonds. The molecule has 0 spiro atoms. The lowest BCUT2D eigenvalue weighted by molar-refractivity contribution is -0.121. The Morgan fingerprint density at radius 2 is 1.83 bits per heavy atom. The molecule has 0 radical (unpaired) electrons. The Hall–Kier alpha value is -2.60. The number of ether oxygens (including phenoxy) is 2. The maximum Gasteiger partial charge on any atom is 0.264 e. The Morgan fingerprint density at radius 1 is 1.08 bits per heavy atom. The van der Waals surface area contributed by atoms with E-state index in [0.29, 0.717) is 11.5 Å². The molecule has 0 unspecified atom stereocenters. The van der Waals surface area contributed by atoms with Gasteiger partial charge >= 0.3 is 0 Å². The average Bonchev–Trinajstić information content (AvgIpc) is 2.56. The van der Waals surface area contributed by atoms with E-state index in [9.17, 15) is 4.79 Å². The largest absolute Gasteiger partial charge is 0.497 e. The zero-order valence-electron chi connectivity index (χ0n) is 13.9. The van der Waals surface area contributed by atoms with Gasteiger partial charge in [-0.3, -0.25) is 10.1 Å². The lowest BCUT2D eigenvalue weighted by Gasteiger charge is -2.12. The minimum absolute atomic E-state index is 0.137. The monoisotopic (exact) mass is 344 g/mol. The van der Waals surface area contributed by atoms with Crippen molar-refractivity contribution in [1.29, 1.82) is 0 Å². The number of benzene rings is 2. The van der Waals surface area contributed by atoms with Crippen molar-refractivity contribution < 1.29 is 14.3 Å². The van der Waals surface area contributed by atoms with Crippen LogP contribution in [-0.4, -0.2) is 24.7 Å². The molecule has 0 heterocycles. The van der Waals surface area contributed by atoms with Gasteiger partial charge in [-0.2, -0.15) is 0 Å². The SMILES string of the molecule is COc1cccc(OCC(=O)NC(=S)Nc2ccc(C)c(C)c2)c1. The molecule has 6 heteroatoms. The third-order valence-corrected chi connectivity index (χ3v) is 3.63. The molecule has 0 saturated carbocycles. The van der Waals surface area contributed by atoms with Crippen LogP contribution in [-0.2, 0) is 4.79 Å². The normalized spacial score (nSPS) is 9.96. The summed E-state index contributed by atoms with van der Waals surface area (Å²) < 4.78 is 10.5. The Balaban J connectivity index is 1.82. The second kappa shape index (κ2) is 8.31. The summed E-state index contributed by atoms with van der Waals surface area (Å²) in [5, 5.41) is 5.80. The molecular formula is C18H20N2O3S. The highest BCUT2D eigenvalue weighted by molar-refractivity contribution is 7.80. The number of rotatable bonds is 5. The lowest BCUT2D eigenvalue weighted by atomic mass is 10.1. The molecule has 0 fully saturated rings. The fourth-order valence-electron chi connectivity index (χ4n) is 1.98. The predicted molar refractivity (Wildman–Crippen MR) is 98.8 cm³/mol. The fraction of sp³-hybridized carbons (Fsp3) is 0.222. The number of carbonyl (C=O) groups is 1. The molecule has 0 aliphatic heterocycles. The summed E-state index contributed by atoms with van der Waals surface area (Å²) in [5.41, 5.74) is 3.18. The Morgan fingerprint density at radius 3 is 2.54 bits per heavy atom. The summed E-state index contributed by atoms with van der Waals surface area (Å²) in [4.78, 5) is 11.9. The van der Waals surface area contributed by atoms with Crippen molar-refractivity contribution in [3.05, 3.63) is 53.6 Å². The molecule has 2 aromatic rings. The lowest BCUT2D eigenvalue weighted by Crippen LogP contribution is -2.37. The summed E-state index contributed by atoms with van der Waals surface area (Å²) in [6.45, 7) is 3.92. The summed E-state index contributed by atoms with van der Waals surface area (Å²) >= 11 is 5.14. The van der Waals surface area contributed by atoms with Gasteiger partial charge in [0.15, 0.2) is 11.7 Å². The summed E-state index contributed by atoms with van der Waals surface area (Å²) in [5.74, 6) is 0.886. The molecule has 0 bridgehead atoms. The van der Waals surface area contributed by atoms with E-state index in [1.165, 1.54) is 5.56 Å². The van der Waals surface area contributed by atoms with Crippen molar-refractivity contribution in [2.45, 2.75) is 13.8 Å². The smallest absolute Gasteiger partial charge is 0.264 e. The standard InChI is InChI=1S/C18H20N2O3S/c1-12-7-8-14(9-13(12)2)19-18(24)20-17(21)11-23-16-6-4-5-15(10-16)22-3/h4-10H,11H2,1-3H3,(H2,19,20,21,24). The topological polar surface area (TPSA) is 59.6 Å². The van der Waals surface area contributed by atoms with Gasteiger partial charge in [0.1, 0.15) is 11.5 Å². The average molecular weight is 344 g/mol. The number of nitrogens with one attached hydrogen (secondary N) is 2. The molecule has 5 nitrogen and oxygen atoms in total. The van der Waals surface area contributed by atoms with Gasteiger partial charge in [0.25, 0.3) is 5.91 Å². The van der Waals surface area contributed by atoms with Gasteiger partial charge in [-0.05, 0) is 61.5 Å². The number of thiocarbonyl (C=S) groups is 1. The Kier molecular flexibility index (Phi) is 6.14. The van der Waals surface area contributed by atoms with E-state index in [2.05, 4.69) is 10.6 Å². The van der Waals surface area contributed by atoms with E-state index in [1.807, 2.05) is 32.0 Å². The molecule has 0 saturated heterocycles. The highest BCUT2D eigenvalue weighted by Gasteiger charge is 2.07. The summed E-state index contributed by atoms with van der Waals surface area (Å²) in [6.07, 6.45) is 0. The molecule has 2 N–H and O–H groups in total. The van der Waals surface area contributed by atoms with Crippen molar-refractivity contribution in [3.63, 3.8) is 0 Å². The van der Waals surface area contributed by atoms with Crippen molar-refractivity contribution in [1.82, 2.24) is 5.32 Å². The van der Waals surface area contributed by atoms with Crippen molar-refractivity contribution in [2.75, 3.05) is 19.0 Å². The van der Waals surface area contributed by atoms with Crippen molar-refractivity contribution in [3.8, 4) is 11.5 Å². The van der Waals surface area contributed by atoms with Gasteiger partial charge in [0, 0.05) is 11.8 Å². The van der Waals surface area contributed by atoms with Crippen LogP contribution >= 0.6 is 12.2 Å². The zero-order chi connectivity index (χ0) is 17.5. The van der Waals surface area contributed by atoms with Gasteiger partial charge in [-0.25, -0.2) is 0 Å². The van der Waals surface area contributed by atoms with Crippen molar-refractivity contribution in [2.24, 2.45) is 0 Å². The first-order chi connectivity index (χ1) is 11.5. The first-order valence-electron chi connectivity index (χ1n) is 7.43. The molecule has 24 heavy (non-hydrogen) atoms. The van der Waals surface area contributed by atoms with Gasteiger partial charge in [0.05, 0.1) is 7.11 Å². The van der Waals surface area contributed by atoms with Crippen LogP contribution in [0, 0.1) is 13.8 Å². The maximum absolute atomic E-state index is 11.9. The van der Waals surface area contributed by atoms with Crippen LogP contribution in [0.5, 0.6) is 11.5 Å². The predicted octanol–water partition coefficient (Wildman–Crippen LogP) is 3.20.